The third kappa shape index (κ3) is 4.59. The Hall–Kier alpha value is -2.28. The molecule has 2 rings (SSSR count). The lowest BCUT2D eigenvalue weighted by atomic mass is 10.1. The lowest BCUT2D eigenvalue weighted by molar-refractivity contribution is 0.0883. The zero-order chi connectivity index (χ0) is 16.8. The van der Waals surface area contributed by atoms with Crippen LogP contribution in [0.4, 0.5) is 21.0 Å². The molecule has 0 radical (unpaired) electrons. The number of amides is 3. The molecule has 0 aliphatic carbocycles. The Morgan fingerprint density at radius 3 is 2.70 bits per heavy atom. The molecule has 1 aromatic carbocycles. The quantitative estimate of drug-likeness (QED) is 0.895. The molecule has 23 heavy (non-hydrogen) atoms. The fraction of sp³-hybridized carbons (Fsp3) is 0.500. The molecular weight excluding hydrogens is 298 g/mol. The number of hydrogen-bond acceptors (Lipinski definition) is 4. The van der Waals surface area contributed by atoms with Crippen molar-refractivity contribution in [3.05, 3.63) is 24.3 Å². The Balaban J connectivity index is 1.94. The minimum atomic E-state index is -0.449. The number of ether oxygens (including phenoxy) is 1. The number of likely N-dealkylation sites (tertiary alicyclic amines) is 1. The number of aliphatic hydroxyl groups excluding tert-OH is 1. The van der Waals surface area contributed by atoms with Crippen LogP contribution in [-0.4, -0.2) is 55.0 Å². The maximum atomic E-state index is 12.1. The van der Waals surface area contributed by atoms with E-state index in [2.05, 4.69) is 5.32 Å². The maximum Gasteiger partial charge on any atom is 0.413 e. The van der Waals surface area contributed by atoms with Crippen molar-refractivity contribution in [1.29, 1.82) is 0 Å². The predicted molar refractivity (Wildman–Crippen MR) is 87.7 cm³/mol. The van der Waals surface area contributed by atoms with Gasteiger partial charge in [0.05, 0.1) is 12.7 Å². The predicted octanol–water partition coefficient (Wildman–Crippen LogP) is 2.27. The van der Waals surface area contributed by atoms with E-state index in [-0.39, 0.29) is 6.03 Å². The van der Waals surface area contributed by atoms with Crippen LogP contribution in [0.1, 0.15) is 19.8 Å². The number of nitrogens with zero attached hydrogens (tertiary/aromatic N) is 2. The molecule has 1 aromatic rings. The molecular formula is C16H23N3O4. The highest BCUT2D eigenvalue weighted by Crippen LogP contribution is 2.18. The number of carbonyl (C=O) groups is 2. The second kappa shape index (κ2) is 7.82. The molecule has 1 heterocycles. The van der Waals surface area contributed by atoms with Crippen LogP contribution < -0.4 is 10.2 Å². The van der Waals surface area contributed by atoms with Crippen molar-refractivity contribution < 1.29 is 19.4 Å². The summed E-state index contributed by atoms with van der Waals surface area (Å²) in [7, 11) is 1.63. The van der Waals surface area contributed by atoms with E-state index in [1.165, 1.54) is 4.90 Å². The number of nitrogens with one attached hydrogen (secondary N) is 1. The number of anilines is 2. The summed E-state index contributed by atoms with van der Waals surface area (Å²) in [5, 5.41) is 12.4. The monoisotopic (exact) mass is 321 g/mol. The molecule has 126 valence electrons. The van der Waals surface area contributed by atoms with Crippen molar-refractivity contribution >= 4 is 23.5 Å². The average Bonchev–Trinajstić information content (AvgIpc) is 2.55. The van der Waals surface area contributed by atoms with Crippen molar-refractivity contribution in [2.75, 3.05) is 37.0 Å². The highest BCUT2D eigenvalue weighted by Gasteiger charge is 2.22. The smallest absolute Gasteiger partial charge is 0.413 e. The highest BCUT2D eigenvalue weighted by atomic mass is 16.6. The largest absolute Gasteiger partial charge is 0.449 e. The molecule has 1 saturated heterocycles. The van der Waals surface area contributed by atoms with E-state index in [9.17, 15) is 14.7 Å². The summed E-state index contributed by atoms with van der Waals surface area (Å²) in [5.41, 5.74) is 1.31. The van der Waals surface area contributed by atoms with Gasteiger partial charge in [-0.25, -0.2) is 9.59 Å². The molecule has 0 bridgehead atoms. The zero-order valence-electron chi connectivity index (χ0n) is 13.5. The molecule has 1 fully saturated rings. The zero-order valence-corrected chi connectivity index (χ0v) is 13.5. The Morgan fingerprint density at radius 2 is 2.09 bits per heavy atom. The number of urea groups is 1. The van der Waals surface area contributed by atoms with Gasteiger partial charge in [-0.15, -0.1) is 0 Å². The number of rotatable bonds is 3. The van der Waals surface area contributed by atoms with Gasteiger partial charge in [0, 0.05) is 31.5 Å². The van der Waals surface area contributed by atoms with Gasteiger partial charge in [0.1, 0.15) is 0 Å². The Morgan fingerprint density at radius 1 is 1.39 bits per heavy atom. The molecule has 0 saturated carbocycles. The topological polar surface area (TPSA) is 82.1 Å². The van der Waals surface area contributed by atoms with Crippen LogP contribution in [0.25, 0.3) is 0 Å². The SMILES string of the molecule is CCOC(=O)N(C)c1ccc(NC(=O)N2CCC[C@@H](O)C2)cc1. The summed E-state index contributed by atoms with van der Waals surface area (Å²) in [6, 6.07) is 6.69. The number of benzene rings is 1. The van der Waals surface area contributed by atoms with Crippen LogP contribution in [0.2, 0.25) is 0 Å². The average molecular weight is 321 g/mol. The molecule has 0 aromatic heterocycles. The molecule has 1 aliphatic heterocycles. The number of piperidine rings is 1. The normalized spacial score (nSPS) is 17.5. The fourth-order valence-corrected chi connectivity index (χ4v) is 2.44. The van der Waals surface area contributed by atoms with Crippen molar-refractivity contribution in [2.45, 2.75) is 25.9 Å². The molecule has 2 N–H and O–H groups in total. The van der Waals surface area contributed by atoms with E-state index in [1.807, 2.05) is 0 Å². The van der Waals surface area contributed by atoms with Crippen molar-refractivity contribution in [1.82, 2.24) is 4.90 Å². The van der Waals surface area contributed by atoms with Crippen molar-refractivity contribution in [3.8, 4) is 0 Å². The third-order valence-corrected chi connectivity index (χ3v) is 3.73. The van der Waals surface area contributed by atoms with Crippen LogP contribution in [0.3, 0.4) is 0 Å². The van der Waals surface area contributed by atoms with E-state index in [1.54, 1.807) is 43.1 Å². The first-order valence-corrected chi connectivity index (χ1v) is 7.75. The number of hydrogen-bond donors (Lipinski definition) is 2. The standard InChI is InChI=1S/C16H23N3O4/c1-3-23-16(22)18(2)13-8-6-12(7-9-13)17-15(21)19-10-4-5-14(20)11-19/h6-9,14,20H,3-5,10-11H2,1-2H3,(H,17,21)/t14-/m1/s1. The summed E-state index contributed by atoms with van der Waals surface area (Å²) < 4.78 is 4.93. The molecule has 1 atom stereocenters. The molecule has 7 nitrogen and oxygen atoms in total. The second-order valence-corrected chi connectivity index (χ2v) is 5.48. The van der Waals surface area contributed by atoms with Crippen LogP contribution in [0, 0.1) is 0 Å². The third-order valence-electron chi connectivity index (χ3n) is 3.73. The molecule has 3 amide bonds. The van der Waals surface area contributed by atoms with Crippen molar-refractivity contribution in [3.63, 3.8) is 0 Å². The number of β-amino-alcohol motifs (C(OH)–C–C–N with tert-alkyl or cyclic N) is 1. The lowest BCUT2D eigenvalue weighted by Gasteiger charge is -2.30. The first-order valence-electron chi connectivity index (χ1n) is 7.75. The van der Waals surface area contributed by atoms with Gasteiger partial charge in [0.2, 0.25) is 0 Å². The van der Waals surface area contributed by atoms with Crippen LogP contribution in [0.15, 0.2) is 24.3 Å². The van der Waals surface area contributed by atoms with E-state index in [0.29, 0.717) is 31.1 Å². The summed E-state index contributed by atoms with van der Waals surface area (Å²) in [6.07, 6.45) is 0.665. The van der Waals surface area contributed by atoms with E-state index < -0.39 is 12.2 Å². The minimum Gasteiger partial charge on any atom is -0.449 e. The Labute approximate surface area is 135 Å². The van der Waals surface area contributed by atoms with Crippen LogP contribution >= 0.6 is 0 Å². The van der Waals surface area contributed by atoms with Crippen LogP contribution in [-0.2, 0) is 4.74 Å². The first kappa shape index (κ1) is 17.1. The van der Waals surface area contributed by atoms with Gasteiger partial charge in [0.15, 0.2) is 0 Å². The second-order valence-electron chi connectivity index (χ2n) is 5.48. The Kier molecular flexibility index (Phi) is 5.81. The highest BCUT2D eigenvalue weighted by molar-refractivity contribution is 5.91. The molecule has 7 heteroatoms. The van der Waals surface area contributed by atoms with E-state index in [0.717, 1.165) is 12.8 Å². The molecule has 0 spiro atoms. The lowest BCUT2D eigenvalue weighted by Crippen LogP contribution is -2.44. The van der Waals surface area contributed by atoms with Gasteiger partial charge in [-0.05, 0) is 44.0 Å². The molecule has 1 aliphatic rings. The summed E-state index contributed by atoms with van der Waals surface area (Å²) in [5.74, 6) is 0. The first-order chi connectivity index (χ1) is 11.0. The maximum absolute atomic E-state index is 12.1. The van der Waals surface area contributed by atoms with Gasteiger partial charge in [0.25, 0.3) is 0 Å². The molecule has 0 unspecified atom stereocenters. The minimum absolute atomic E-state index is 0.227. The van der Waals surface area contributed by atoms with Gasteiger partial charge >= 0.3 is 12.1 Å². The van der Waals surface area contributed by atoms with Gasteiger partial charge in [-0.1, -0.05) is 0 Å². The van der Waals surface area contributed by atoms with Gasteiger partial charge < -0.3 is 20.1 Å². The van der Waals surface area contributed by atoms with Crippen molar-refractivity contribution in [2.24, 2.45) is 0 Å². The fourth-order valence-electron chi connectivity index (χ4n) is 2.44. The number of aliphatic hydroxyl groups is 1. The summed E-state index contributed by atoms with van der Waals surface area (Å²) in [4.78, 5) is 26.8. The summed E-state index contributed by atoms with van der Waals surface area (Å²) in [6.45, 7) is 3.07. The van der Waals surface area contributed by atoms with Crippen LogP contribution in [0.5, 0.6) is 0 Å². The van der Waals surface area contributed by atoms with Gasteiger partial charge in [-0.2, -0.15) is 0 Å². The Bertz CT molecular complexity index is 547. The van der Waals surface area contributed by atoms with Gasteiger partial charge in [-0.3, -0.25) is 4.90 Å². The van der Waals surface area contributed by atoms with E-state index >= 15 is 0 Å². The number of carbonyl (C=O) groups excluding carboxylic acids is 2. The van der Waals surface area contributed by atoms with E-state index in [4.69, 9.17) is 4.74 Å². The summed E-state index contributed by atoms with van der Waals surface area (Å²) >= 11 is 0.